The molecule has 0 spiro atoms. The highest BCUT2D eigenvalue weighted by Gasteiger charge is 2.35. The van der Waals surface area contributed by atoms with Crippen molar-refractivity contribution >= 4 is 11.9 Å². The van der Waals surface area contributed by atoms with Crippen LogP contribution in [0.1, 0.15) is 42.7 Å². The lowest BCUT2D eigenvalue weighted by Crippen LogP contribution is -2.53. The number of hydrogen-bond acceptors (Lipinski definition) is 4. The Kier molecular flexibility index (Phi) is 5.07. The highest BCUT2D eigenvalue weighted by molar-refractivity contribution is 5.97. The standard InChI is InChI=1S/C14H20N2O4/c1-5-8-14(3,13(19)20-4)16-12(18)10-7-6-9(2)15-11(10)17/h6-7H,5,8H2,1-4H3,(H,15,17)(H,16,18). The van der Waals surface area contributed by atoms with Gasteiger partial charge in [0.15, 0.2) is 0 Å². The van der Waals surface area contributed by atoms with Crippen LogP contribution in [0, 0.1) is 6.92 Å². The van der Waals surface area contributed by atoms with Gasteiger partial charge in [-0.25, -0.2) is 4.79 Å². The van der Waals surface area contributed by atoms with Crippen LogP contribution in [0.2, 0.25) is 0 Å². The van der Waals surface area contributed by atoms with E-state index in [9.17, 15) is 14.4 Å². The van der Waals surface area contributed by atoms with Gasteiger partial charge in [-0.3, -0.25) is 9.59 Å². The number of aromatic nitrogens is 1. The fraction of sp³-hybridized carbons (Fsp3) is 0.500. The molecule has 1 atom stereocenters. The fourth-order valence-corrected chi connectivity index (χ4v) is 2.01. The molecule has 6 nitrogen and oxygen atoms in total. The van der Waals surface area contributed by atoms with Crippen LogP contribution in [-0.2, 0) is 9.53 Å². The lowest BCUT2D eigenvalue weighted by Gasteiger charge is -2.27. The third-order valence-corrected chi connectivity index (χ3v) is 3.08. The molecule has 6 heteroatoms. The molecule has 1 aromatic rings. The second kappa shape index (κ2) is 6.36. The topological polar surface area (TPSA) is 88.3 Å². The molecule has 0 saturated carbocycles. The van der Waals surface area contributed by atoms with E-state index in [4.69, 9.17) is 4.74 Å². The van der Waals surface area contributed by atoms with E-state index in [0.717, 1.165) is 0 Å². The number of methoxy groups -OCH3 is 1. The molecule has 0 radical (unpaired) electrons. The molecular weight excluding hydrogens is 260 g/mol. The van der Waals surface area contributed by atoms with Crippen molar-refractivity contribution in [2.75, 3.05) is 7.11 Å². The van der Waals surface area contributed by atoms with Gasteiger partial charge in [0.25, 0.3) is 11.5 Å². The number of nitrogens with one attached hydrogen (secondary N) is 2. The van der Waals surface area contributed by atoms with E-state index in [-0.39, 0.29) is 5.56 Å². The van der Waals surface area contributed by atoms with Gasteiger partial charge >= 0.3 is 5.97 Å². The number of carbonyl (C=O) groups is 2. The molecule has 1 unspecified atom stereocenters. The molecule has 0 aliphatic rings. The lowest BCUT2D eigenvalue weighted by atomic mass is 9.95. The zero-order valence-corrected chi connectivity index (χ0v) is 12.2. The van der Waals surface area contributed by atoms with E-state index in [1.54, 1.807) is 19.9 Å². The van der Waals surface area contributed by atoms with Gasteiger partial charge in [-0.15, -0.1) is 0 Å². The minimum absolute atomic E-state index is 0.0261. The minimum Gasteiger partial charge on any atom is -0.467 e. The summed E-state index contributed by atoms with van der Waals surface area (Å²) in [5.41, 5.74) is -0.985. The summed E-state index contributed by atoms with van der Waals surface area (Å²) < 4.78 is 4.71. The van der Waals surface area contributed by atoms with Crippen LogP contribution in [0.3, 0.4) is 0 Å². The molecule has 0 saturated heterocycles. The predicted molar refractivity (Wildman–Crippen MR) is 74.6 cm³/mol. The summed E-state index contributed by atoms with van der Waals surface area (Å²) in [5.74, 6) is -1.12. The number of aromatic amines is 1. The number of ether oxygens (including phenoxy) is 1. The summed E-state index contributed by atoms with van der Waals surface area (Å²) in [4.78, 5) is 38.2. The van der Waals surface area contributed by atoms with Gasteiger partial charge in [0.2, 0.25) is 0 Å². The second-order valence-corrected chi connectivity index (χ2v) is 4.91. The Balaban J connectivity index is 3.02. The zero-order valence-electron chi connectivity index (χ0n) is 12.2. The predicted octanol–water partition coefficient (Wildman–Crippen LogP) is 1.14. The molecule has 20 heavy (non-hydrogen) atoms. The first kappa shape index (κ1) is 15.9. The van der Waals surface area contributed by atoms with Crippen molar-refractivity contribution in [1.29, 1.82) is 0 Å². The first-order valence-corrected chi connectivity index (χ1v) is 6.45. The Morgan fingerprint density at radius 1 is 1.40 bits per heavy atom. The fourth-order valence-electron chi connectivity index (χ4n) is 2.01. The number of hydrogen-bond donors (Lipinski definition) is 2. The third-order valence-electron chi connectivity index (χ3n) is 3.08. The van der Waals surface area contributed by atoms with Crippen molar-refractivity contribution in [3.8, 4) is 0 Å². The van der Waals surface area contributed by atoms with E-state index < -0.39 is 23.0 Å². The van der Waals surface area contributed by atoms with Gasteiger partial charge in [0, 0.05) is 5.69 Å². The van der Waals surface area contributed by atoms with E-state index in [1.807, 2.05) is 6.92 Å². The molecule has 0 aromatic carbocycles. The Bertz CT molecular complexity index is 565. The maximum Gasteiger partial charge on any atom is 0.331 e. The molecule has 1 aromatic heterocycles. The summed E-state index contributed by atoms with van der Waals surface area (Å²) in [6.45, 7) is 5.20. The maximum atomic E-state index is 12.1. The third kappa shape index (κ3) is 3.46. The van der Waals surface area contributed by atoms with Gasteiger partial charge in [-0.2, -0.15) is 0 Å². The SMILES string of the molecule is CCCC(C)(NC(=O)c1ccc(C)[nH]c1=O)C(=O)OC. The van der Waals surface area contributed by atoms with Crippen molar-refractivity contribution in [3.05, 3.63) is 33.7 Å². The normalized spacial score (nSPS) is 13.4. The summed E-state index contributed by atoms with van der Waals surface area (Å²) >= 11 is 0. The Morgan fingerprint density at radius 3 is 2.55 bits per heavy atom. The number of rotatable bonds is 5. The van der Waals surface area contributed by atoms with E-state index in [2.05, 4.69) is 10.3 Å². The molecular formula is C14H20N2O4. The highest BCUT2D eigenvalue weighted by atomic mass is 16.5. The van der Waals surface area contributed by atoms with Gasteiger partial charge in [0.05, 0.1) is 7.11 Å². The number of pyridine rings is 1. The lowest BCUT2D eigenvalue weighted by molar-refractivity contribution is -0.147. The Hall–Kier alpha value is -2.11. The highest BCUT2D eigenvalue weighted by Crippen LogP contribution is 2.15. The molecule has 0 bridgehead atoms. The van der Waals surface area contributed by atoms with Crippen LogP contribution in [0.4, 0.5) is 0 Å². The molecule has 110 valence electrons. The van der Waals surface area contributed by atoms with E-state index in [1.165, 1.54) is 13.2 Å². The number of aryl methyl sites for hydroxylation is 1. The Morgan fingerprint density at radius 2 is 2.05 bits per heavy atom. The second-order valence-electron chi connectivity index (χ2n) is 4.91. The summed E-state index contributed by atoms with van der Waals surface area (Å²) in [7, 11) is 1.26. The number of carbonyl (C=O) groups excluding carboxylic acids is 2. The van der Waals surface area contributed by atoms with Gasteiger partial charge < -0.3 is 15.0 Å². The van der Waals surface area contributed by atoms with Crippen LogP contribution in [0.25, 0.3) is 0 Å². The molecule has 2 N–H and O–H groups in total. The van der Waals surface area contributed by atoms with Crippen LogP contribution in [0.5, 0.6) is 0 Å². The largest absolute Gasteiger partial charge is 0.467 e. The van der Waals surface area contributed by atoms with Crippen LogP contribution < -0.4 is 10.9 Å². The first-order chi connectivity index (χ1) is 9.34. The number of esters is 1. The number of H-pyrrole nitrogens is 1. The van der Waals surface area contributed by atoms with E-state index in [0.29, 0.717) is 18.5 Å². The van der Waals surface area contributed by atoms with Gasteiger partial charge in [-0.05, 0) is 32.4 Å². The van der Waals surface area contributed by atoms with Crippen LogP contribution in [0.15, 0.2) is 16.9 Å². The van der Waals surface area contributed by atoms with Crippen LogP contribution >= 0.6 is 0 Å². The molecule has 1 rings (SSSR count). The summed E-state index contributed by atoms with van der Waals surface area (Å²) in [6.07, 6.45) is 1.12. The minimum atomic E-state index is -1.14. The smallest absolute Gasteiger partial charge is 0.331 e. The van der Waals surface area contributed by atoms with Gasteiger partial charge in [-0.1, -0.05) is 13.3 Å². The Labute approximate surface area is 117 Å². The van der Waals surface area contributed by atoms with Crippen molar-refractivity contribution in [2.45, 2.75) is 39.2 Å². The molecule has 0 aliphatic heterocycles. The molecule has 1 heterocycles. The van der Waals surface area contributed by atoms with E-state index >= 15 is 0 Å². The zero-order chi connectivity index (χ0) is 15.3. The van der Waals surface area contributed by atoms with Gasteiger partial charge in [0.1, 0.15) is 11.1 Å². The van der Waals surface area contributed by atoms with Crippen molar-refractivity contribution in [1.82, 2.24) is 10.3 Å². The monoisotopic (exact) mass is 280 g/mol. The van der Waals surface area contributed by atoms with Crippen molar-refractivity contribution < 1.29 is 14.3 Å². The molecule has 0 fully saturated rings. The molecule has 1 amide bonds. The first-order valence-electron chi connectivity index (χ1n) is 6.45. The average molecular weight is 280 g/mol. The average Bonchev–Trinajstić information content (AvgIpc) is 2.37. The van der Waals surface area contributed by atoms with Crippen LogP contribution in [-0.4, -0.2) is 29.5 Å². The molecule has 0 aliphatic carbocycles. The quantitative estimate of drug-likeness (QED) is 0.792. The van der Waals surface area contributed by atoms with Crippen molar-refractivity contribution in [3.63, 3.8) is 0 Å². The summed E-state index contributed by atoms with van der Waals surface area (Å²) in [5, 5.41) is 2.59. The van der Waals surface area contributed by atoms with Crippen molar-refractivity contribution in [2.24, 2.45) is 0 Å². The number of amides is 1. The maximum absolute atomic E-state index is 12.1. The summed E-state index contributed by atoms with van der Waals surface area (Å²) in [6, 6.07) is 3.07.